The zero-order valence-electron chi connectivity index (χ0n) is 32.0. The number of carbonyl (C=O) groups excluding carboxylic acids is 3. The second kappa shape index (κ2) is 16.2. The number of hydrogen-bond acceptors (Lipinski definition) is 11. The van der Waals surface area contributed by atoms with Crippen molar-refractivity contribution < 1.29 is 32.9 Å². The van der Waals surface area contributed by atoms with E-state index in [1.54, 1.807) is 46.5 Å². The minimum absolute atomic E-state index is 0.0350. The Balaban J connectivity index is 1.40. The lowest BCUT2D eigenvalue weighted by atomic mass is 10.1. The largest absolute Gasteiger partial charge is 0.491 e. The molecule has 0 saturated carbocycles. The van der Waals surface area contributed by atoms with Crippen molar-refractivity contribution in [3.63, 3.8) is 0 Å². The highest BCUT2D eigenvalue weighted by atomic mass is 28.4. The Morgan fingerprint density at radius 2 is 1.84 bits per heavy atom. The van der Waals surface area contributed by atoms with Crippen LogP contribution in [0.25, 0.3) is 22.0 Å². The Bertz CT molecular complexity index is 2300. The van der Waals surface area contributed by atoms with Crippen LogP contribution in [0.4, 0.5) is 17.3 Å². The van der Waals surface area contributed by atoms with Crippen LogP contribution in [0.2, 0.25) is 18.1 Å². The summed E-state index contributed by atoms with van der Waals surface area (Å²) in [6.45, 7) is 15.8. The number of rotatable bonds is 17. The number of hydrogen-bond donors (Lipinski definition) is 4. The number of furan rings is 1. The molecule has 0 spiro atoms. The molecule has 5 rings (SSSR count). The number of nitro benzene ring substituents is 1. The van der Waals surface area contributed by atoms with Crippen LogP contribution in [0.5, 0.6) is 5.75 Å². The number of anilines is 2. The lowest BCUT2D eigenvalue weighted by molar-refractivity contribution is -0.384. The Kier molecular flexibility index (Phi) is 11.8. The van der Waals surface area contributed by atoms with Crippen LogP contribution in [-0.4, -0.2) is 70.1 Å². The third kappa shape index (κ3) is 8.70. The van der Waals surface area contributed by atoms with Gasteiger partial charge in [-0.3, -0.25) is 34.5 Å². The van der Waals surface area contributed by atoms with Gasteiger partial charge in [0.2, 0.25) is 17.8 Å². The molecule has 0 saturated heterocycles. The van der Waals surface area contributed by atoms with E-state index in [9.17, 15) is 24.5 Å². The normalized spacial score (nSPS) is 12.1. The van der Waals surface area contributed by atoms with E-state index in [4.69, 9.17) is 25.0 Å². The molecule has 292 valence electrons. The number of nitrogens with zero attached hydrogens (tertiary/aromatic N) is 5. The molecule has 55 heavy (non-hydrogen) atoms. The molecule has 3 heterocycles. The van der Waals surface area contributed by atoms with Crippen molar-refractivity contribution in [3.05, 3.63) is 81.4 Å². The molecule has 3 amide bonds. The maximum atomic E-state index is 13.5. The molecule has 0 unspecified atom stereocenters. The maximum Gasteiger partial charge on any atom is 0.296 e. The second-order valence-corrected chi connectivity index (χ2v) is 19.3. The van der Waals surface area contributed by atoms with Crippen LogP contribution in [-0.2, 0) is 17.5 Å². The number of aromatic nitrogens is 4. The van der Waals surface area contributed by atoms with E-state index >= 15 is 0 Å². The van der Waals surface area contributed by atoms with Crippen LogP contribution < -0.4 is 26.8 Å². The molecular formula is C37H47N9O8Si. The predicted octanol–water partition coefficient (Wildman–Crippen LogP) is 6.12. The fourth-order valence-electron chi connectivity index (χ4n) is 5.73. The van der Waals surface area contributed by atoms with Crippen molar-refractivity contribution >= 4 is 65.4 Å². The third-order valence-corrected chi connectivity index (χ3v) is 14.1. The van der Waals surface area contributed by atoms with E-state index in [1.165, 1.54) is 12.3 Å². The Hall–Kier alpha value is -6.01. The van der Waals surface area contributed by atoms with E-state index in [0.29, 0.717) is 53.0 Å². The van der Waals surface area contributed by atoms with Gasteiger partial charge in [-0.15, -0.1) is 0 Å². The van der Waals surface area contributed by atoms with Gasteiger partial charge >= 0.3 is 0 Å². The van der Waals surface area contributed by atoms with Gasteiger partial charge in [-0.25, -0.2) is 4.98 Å². The number of ether oxygens (including phenoxy) is 1. The molecule has 17 nitrogen and oxygen atoms in total. The number of imidazole rings is 1. The molecular weight excluding hydrogens is 727 g/mol. The Morgan fingerprint density at radius 1 is 1.09 bits per heavy atom. The van der Waals surface area contributed by atoms with Crippen molar-refractivity contribution in [2.75, 3.05) is 30.4 Å². The molecule has 0 aliphatic heterocycles. The number of carbonyl (C=O) groups is 3. The summed E-state index contributed by atoms with van der Waals surface area (Å²) in [4.78, 5) is 54.1. The van der Waals surface area contributed by atoms with Crippen LogP contribution in [0.3, 0.4) is 0 Å². The average Bonchev–Trinajstić information content (AvgIpc) is 3.83. The molecule has 2 aromatic carbocycles. The minimum atomic E-state index is -1.98. The molecule has 5 aromatic rings. The van der Waals surface area contributed by atoms with E-state index < -0.39 is 31.0 Å². The number of nitrogens with one attached hydrogen (secondary N) is 2. The highest BCUT2D eigenvalue weighted by Gasteiger charge is 2.37. The summed E-state index contributed by atoms with van der Waals surface area (Å²) in [6.07, 6.45) is 5.45. The number of aryl methyl sites for hydroxylation is 2. The summed E-state index contributed by atoms with van der Waals surface area (Å²) in [5.74, 6) is -1.67. The van der Waals surface area contributed by atoms with Gasteiger partial charge in [0, 0.05) is 49.7 Å². The monoisotopic (exact) mass is 773 g/mol. The molecule has 0 fully saturated rings. The third-order valence-electron chi connectivity index (χ3n) is 9.60. The molecule has 0 aliphatic rings. The van der Waals surface area contributed by atoms with Gasteiger partial charge in [-0.05, 0) is 56.2 Å². The van der Waals surface area contributed by atoms with Gasteiger partial charge in [-0.2, -0.15) is 5.10 Å². The zero-order chi connectivity index (χ0) is 40.2. The lowest BCUT2D eigenvalue weighted by Crippen LogP contribution is -2.41. The van der Waals surface area contributed by atoms with Crippen molar-refractivity contribution in [2.45, 2.75) is 72.3 Å². The Labute approximate surface area is 318 Å². The van der Waals surface area contributed by atoms with Gasteiger partial charge < -0.3 is 34.9 Å². The Morgan fingerprint density at radius 3 is 2.49 bits per heavy atom. The predicted molar refractivity (Wildman–Crippen MR) is 211 cm³/mol. The minimum Gasteiger partial charge on any atom is -0.491 e. The molecule has 3 aromatic heterocycles. The number of benzene rings is 2. The number of nitro groups is 1. The zero-order valence-corrected chi connectivity index (χ0v) is 33.0. The van der Waals surface area contributed by atoms with Crippen molar-refractivity contribution in [3.8, 4) is 5.75 Å². The van der Waals surface area contributed by atoms with E-state index in [0.717, 1.165) is 6.07 Å². The van der Waals surface area contributed by atoms with Crippen molar-refractivity contribution in [1.82, 2.24) is 19.3 Å². The SMILES string of the molecule is CCn1nc(C)cc1C(=O)Nc1nc2cc(C(N)=O)c3ccoc3c2n1C/C=C/CNc1c(OCCCO[Si](C)(C)C(C)(C)C)cc(C(N)=O)cc1[N+](=O)[O-]. The summed E-state index contributed by atoms with van der Waals surface area (Å²) in [6, 6.07) is 7.33. The fraction of sp³-hybridized carbons (Fsp3) is 0.378. The summed E-state index contributed by atoms with van der Waals surface area (Å²) in [5, 5.41) is 23.0. The lowest BCUT2D eigenvalue weighted by Gasteiger charge is -2.36. The van der Waals surface area contributed by atoms with Crippen LogP contribution >= 0.6 is 0 Å². The number of amides is 3. The van der Waals surface area contributed by atoms with E-state index in [2.05, 4.69) is 54.6 Å². The number of primary amides is 2. The van der Waals surface area contributed by atoms with Gasteiger partial charge in [0.15, 0.2) is 19.6 Å². The van der Waals surface area contributed by atoms with E-state index in [-0.39, 0.29) is 58.9 Å². The highest BCUT2D eigenvalue weighted by Crippen LogP contribution is 2.38. The van der Waals surface area contributed by atoms with Crippen LogP contribution in [0.1, 0.15) is 71.0 Å². The number of fused-ring (bicyclic) bond motifs is 3. The number of nitrogens with two attached hydrogens (primary N) is 2. The first-order chi connectivity index (χ1) is 25.9. The second-order valence-electron chi connectivity index (χ2n) is 14.5. The van der Waals surface area contributed by atoms with E-state index in [1.807, 2.05) is 6.92 Å². The van der Waals surface area contributed by atoms with Gasteiger partial charge in [0.1, 0.15) is 17.0 Å². The number of allylic oxidation sites excluding steroid dienone is 1. The maximum absolute atomic E-state index is 13.5. The highest BCUT2D eigenvalue weighted by molar-refractivity contribution is 6.74. The van der Waals surface area contributed by atoms with Gasteiger partial charge in [-0.1, -0.05) is 32.9 Å². The smallest absolute Gasteiger partial charge is 0.296 e. The first-order valence-electron chi connectivity index (χ1n) is 17.8. The first kappa shape index (κ1) is 40.2. The summed E-state index contributed by atoms with van der Waals surface area (Å²) >= 11 is 0. The van der Waals surface area contributed by atoms with Crippen molar-refractivity contribution in [1.29, 1.82) is 0 Å². The molecule has 0 atom stereocenters. The summed E-state index contributed by atoms with van der Waals surface area (Å²) < 4.78 is 21.3. The summed E-state index contributed by atoms with van der Waals surface area (Å²) in [5.41, 5.74) is 13.2. The fourth-order valence-corrected chi connectivity index (χ4v) is 6.82. The summed E-state index contributed by atoms with van der Waals surface area (Å²) in [7, 11) is -1.98. The van der Waals surface area contributed by atoms with Gasteiger partial charge in [0.05, 0.1) is 34.6 Å². The average molecular weight is 774 g/mol. The molecule has 6 N–H and O–H groups in total. The quantitative estimate of drug-likeness (QED) is 0.0276. The molecule has 18 heteroatoms. The molecule has 0 aliphatic carbocycles. The van der Waals surface area contributed by atoms with Crippen LogP contribution in [0, 0.1) is 17.0 Å². The molecule has 0 bridgehead atoms. The first-order valence-corrected chi connectivity index (χ1v) is 20.7. The van der Waals surface area contributed by atoms with Gasteiger partial charge in [0.25, 0.3) is 11.6 Å². The topological polar surface area (TPSA) is 238 Å². The standard InChI is InChI=1S/C37H47N9O8Si/c1-8-45-28(18-22(2)43-45)35(49)42-36-41-26-21-25(34(39)48)24-12-17-53-32(24)31(26)44(36)14-10-9-13-40-30-27(46(50)51)19-23(33(38)47)20-29(30)52-15-11-16-54-55(6,7)37(3,4)5/h9-10,12,17-21,40H,8,11,13-16H2,1-7H3,(H2,38,47)(H2,39,48)(H,41,42,49)/b10-9+. The van der Waals surface area contributed by atoms with Crippen LogP contribution in [0.15, 0.2) is 53.2 Å². The molecule has 0 radical (unpaired) electrons. The van der Waals surface area contributed by atoms with Crippen molar-refractivity contribution in [2.24, 2.45) is 11.5 Å².